The summed E-state index contributed by atoms with van der Waals surface area (Å²) in [5.74, 6) is 0.733. The van der Waals surface area contributed by atoms with Crippen LogP contribution in [0.5, 0.6) is 0 Å². The van der Waals surface area contributed by atoms with Gasteiger partial charge in [-0.3, -0.25) is 4.79 Å². The first-order valence-corrected chi connectivity index (χ1v) is 7.11. The van der Waals surface area contributed by atoms with Crippen LogP contribution in [-0.2, 0) is 4.79 Å². The van der Waals surface area contributed by atoms with Gasteiger partial charge in [0.1, 0.15) is 0 Å². The number of rotatable bonds is 5. The van der Waals surface area contributed by atoms with E-state index in [4.69, 9.17) is 5.73 Å². The normalized spacial score (nSPS) is 27.9. The molecule has 1 fully saturated rings. The van der Waals surface area contributed by atoms with Crippen molar-refractivity contribution in [2.45, 2.75) is 51.6 Å². The Morgan fingerprint density at radius 3 is 2.61 bits per heavy atom. The highest BCUT2D eigenvalue weighted by Crippen LogP contribution is 2.29. The molecule has 0 radical (unpaired) electrons. The van der Waals surface area contributed by atoms with Crippen LogP contribution >= 0.6 is 0 Å². The SMILES string of the molecule is CC(C(=O)NCC(C)N(C)C)C1CCCC(N)C1. The molecular weight excluding hydrogens is 226 g/mol. The highest BCUT2D eigenvalue weighted by molar-refractivity contribution is 5.78. The number of hydrogen-bond acceptors (Lipinski definition) is 3. The number of amides is 1. The van der Waals surface area contributed by atoms with Gasteiger partial charge in [-0.05, 0) is 46.2 Å². The lowest BCUT2D eigenvalue weighted by atomic mass is 9.78. The molecule has 0 aromatic carbocycles. The number of nitrogens with two attached hydrogens (primary N) is 1. The molecule has 1 amide bonds. The zero-order valence-electron chi connectivity index (χ0n) is 12.3. The summed E-state index contributed by atoms with van der Waals surface area (Å²) in [4.78, 5) is 14.2. The van der Waals surface area contributed by atoms with Crippen molar-refractivity contribution >= 4 is 5.91 Å². The molecule has 0 saturated heterocycles. The molecule has 4 heteroatoms. The maximum Gasteiger partial charge on any atom is 0.223 e. The van der Waals surface area contributed by atoms with E-state index in [1.165, 1.54) is 0 Å². The lowest BCUT2D eigenvalue weighted by Crippen LogP contribution is -2.43. The van der Waals surface area contributed by atoms with Gasteiger partial charge in [-0.2, -0.15) is 0 Å². The van der Waals surface area contributed by atoms with Crippen LogP contribution < -0.4 is 11.1 Å². The largest absolute Gasteiger partial charge is 0.354 e. The Hall–Kier alpha value is -0.610. The maximum absolute atomic E-state index is 12.1. The summed E-state index contributed by atoms with van der Waals surface area (Å²) in [7, 11) is 4.06. The Labute approximate surface area is 111 Å². The third kappa shape index (κ3) is 4.58. The Bertz CT molecular complexity index is 268. The smallest absolute Gasteiger partial charge is 0.223 e. The first kappa shape index (κ1) is 15.4. The number of carbonyl (C=O) groups is 1. The van der Waals surface area contributed by atoms with Crippen LogP contribution in [0.15, 0.2) is 0 Å². The fraction of sp³-hybridized carbons (Fsp3) is 0.929. The molecule has 0 bridgehead atoms. The molecule has 0 heterocycles. The van der Waals surface area contributed by atoms with Crippen LogP contribution in [0.2, 0.25) is 0 Å². The van der Waals surface area contributed by atoms with Crippen molar-refractivity contribution in [3.05, 3.63) is 0 Å². The van der Waals surface area contributed by atoms with Gasteiger partial charge in [0.2, 0.25) is 5.91 Å². The highest BCUT2D eigenvalue weighted by atomic mass is 16.1. The fourth-order valence-corrected chi connectivity index (χ4v) is 2.53. The number of likely N-dealkylation sites (N-methyl/N-ethyl adjacent to an activating group) is 1. The van der Waals surface area contributed by atoms with Gasteiger partial charge in [0.25, 0.3) is 0 Å². The average Bonchev–Trinajstić information content (AvgIpc) is 2.34. The van der Waals surface area contributed by atoms with Crippen molar-refractivity contribution in [3.8, 4) is 0 Å². The fourth-order valence-electron chi connectivity index (χ4n) is 2.53. The van der Waals surface area contributed by atoms with E-state index >= 15 is 0 Å². The van der Waals surface area contributed by atoms with Crippen LogP contribution in [0, 0.1) is 11.8 Å². The molecule has 1 saturated carbocycles. The van der Waals surface area contributed by atoms with Crippen molar-refractivity contribution in [2.75, 3.05) is 20.6 Å². The number of hydrogen-bond donors (Lipinski definition) is 2. The molecule has 0 aromatic rings. The van der Waals surface area contributed by atoms with Gasteiger partial charge < -0.3 is 16.0 Å². The summed E-state index contributed by atoms with van der Waals surface area (Å²) >= 11 is 0. The minimum absolute atomic E-state index is 0.0886. The molecule has 3 N–H and O–H groups in total. The molecule has 1 aliphatic carbocycles. The van der Waals surface area contributed by atoms with Crippen LogP contribution in [-0.4, -0.2) is 43.5 Å². The molecule has 0 spiro atoms. The standard InChI is InChI=1S/C14H29N3O/c1-10(17(3)4)9-16-14(18)11(2)12-6-5-7-13(15)8-12/h10-13H,5-9,15H2,1-4H3,(H,16,18). The summed E-state index contributed by atoms with van der Waals surface area (Å²) < 4.78 is 0. The minimum Gasteiger partial charge on any atom is -0.354 e. The van der Waals surface area contributed by atoms with E-state index in [0.29, 0.717) is 18.0 Å². The van der Waals surface area contributed by atoms with E-state index in [-0.39, 0.29) is 11.8 Å². The third-order valence-corrected chi connectivity index (χ3v) is 4.33. The summed E-state index contributed by atoms with van der Waals surface area (Å²) in [5.41, 5.74) is 5.99. The summed E-state index contributed by atoms with van der Waals surface area (Å²) in [6.45, 7) is 4.87. The number of nitrogens with zero attached hydrogens (tertiary/aromatic N) is 1. The Morgan fingerprint density at radius 1 is 1.39 bits per heavy atom. The highest BCUT2D eigenvalue weighted by Gasteiger charge is 2.28. The molecule has 4 nitrogen and oxygen atoms in total. The first-order valence-electron chi connectivity index (χ1n) is 7.11. The monoisotopic (exact) mass is 255 g/mol. The molecular formula is C14H29N3O. The lowest BCUT2D eigenvalue weighted by Gasteiger charge is -2.31. The average molecular weight is 255 g/mol. The molecule has 1 rings (SSSR count). The van der Waals surface area contributed by atoms with Gasteiger partial charge in [-0.1, -0.05) is 13.3 Å². The van der Waals surface area contributed by atoms with E-state index in [0.717, 1.165) is 32.2 Å². The van der Waals surface area contributed by atoms with Crippen molar-refractivity contribution in [1.82, 2.24) is 10.2 Å². The molecule has 106 valence electrons. The summed E-state index contributed by atoms with van der Waals surface area (Å²) in [6, 6.07) is 0.662. The van der Waals surface area contributed by atoms with E-state index in [1.54, 1.807) is 0 Å². The van der Waals surface area contributed by atoms with Crippen LogP contribution in [0.3, 0.4) is 0 Å². The Morgan fingerprint density at radius 2 is 2.06 bits per heavy atom. The van der Waals surface area contributed by atoms with Crippen molar-refractivity contribution in [2.24, 2.45) is 17.6 Å². The van der Waals surface area contributed by atoms with Gasteiger partial charge >= 0.3 is 0 Å². The second-order valence-electron chi connectivity index (χ2n) is 6.03. The first-order chi connectivity index (χ1) is 8.41. The molecule has 0 aliphatic heterocycles. The molecule has 0 aromatic heterocycles. The number of nitrogens with one attached hydrogen (secondary N) is 1. The van der Waals surface area contributed by atoms with E-state index in [9.17, 15) is 4.79 Å². The van der Waals surface area contributed by atoms with Crippen LogP contribution in [0.25, 0.3) is 0 Å². The predicted octanol–water partition coefficient (Wildman–Crippen LogP) is 1.21. The topological polar surface area (TPSA) is 58.4 Å². The van der Waals surface area contributed by atoms with Crippen LogP contribution in [0.1, 0.15) is 39.5 Å². The quantitative estimate of drug-likeness (QED) is 0.776. The van der Waals surface area contributed by atoms with Crippen molar-refractivity contribution < 1.29 is 4.79 Å². The zero-order chi connectivity index (χ0) is 13.7. The van der Waals surface area contributed by atoms with E-state index in [1.807, 2.05) is 21.0 Å². The van der Waals surface area contributed by atoms with E-state index in [2.05, 4.69) is 17.1 Å². The van der Waals surface area contributed by atoms with Crippen LogP contribution in [0.4, 0.5) is 0 Å². The molecule has 1 aliphatic rings. The van der Waals surface area contributed by atoms with Gasteiger partial charge in [-0.15, -0.1) is 0 Å². The van der Waals surface area contributed by atoms with Gasteiger partial charge in [0.05, 0.1) is 0 Å². The van der Waals surface area contributed by atoms with Gasteiger partial charge in [0, 0.05) is 24.5 Å². The Kier molecular flexibility index (Phi) is 6.09. The number of carbonyl (C=O) groups excluding carboxylic acids is 1. The zero-order valence-corrected chi connectivity index (χ0v) is 12.3. The molecule has 18 heavy (non-hydrogen) atoms. The van der Waals surface area contributed by atoms with Crippen molar-refractivity contribution in [1.29, 1.82) is 0 Å². The minimum atomic E-state index is 0.0886. The Balaban J connectivity index is 2.36. The molecule has 4 atom stereocenters. The lowest BCUT2D eigenvalue weighted by molar-refractivity contribution is -0.126. The van der Waals surface area contributed by atoms with Gasteiger partial charge in [-0.25, -0.2) is 0 Å². The maximum atomic E-state index is 12.1. The third-order valence-electron chi connectivity index (χ3n) is 4.33. The second kappa shape index (κ2) is 7.10. The van der Waals surface area contributed by atoms with Gasteiger partial charge in [0.15, 0.2) is 0 Å². The summed E-state index contributed by atoms with van der Waals surface area (Å²) in [6.07, 6.45) is 4.42. The summed E-state index contributed by atoms with van der Waals surface area (Å²) in [5, 5.41) is 3.05. The van der Waals surface area contributed by atoms with Crippen molar-refractivity contribution in [3.63, 3.8) is 0 Å². The second-order valence-corrected chi connectivity index (χ2v) is 6.03. The molecule has 4 unspecified atom stereocenters. The van der Waals surface area contributed by atoms with E-state index < -0.39 is 0 Å². The predicted molar refractivity (Wildman–Crippen MR) is 75.3 cm³/mol.